The van der Waals surface area contributed by atoms with Crippen molar-refractivity contribution < 1.29 is 8.78 Å². The van der Waals surface area contributed by atoms with Crippen LogP contribution in [0.4, 0.5) is 8.78 Å². The lowest BCUT2D eigenvalue weighted by atomic mass is 10.1. The van der Waals surface area contributed by atoms with Crippen LogP contribution in [0.15, 0.2) is 60.7 Å². The van der Waals surface area contributed by atoms with Gasteiger partial charge in [-0.25, -0.2) is 13.8 Å². The van der Waals surface area contributed by atoms with E-state index in [2.05, 4.69) is 4.98 Å². The predicted octanol–water partition coefficient (Wildman–Crippen LogP) is 5.35. The molecule has 0 spiro atoms. The quantitative estimate of drug-likeness (QED) is 0.622. The Kier molecular flexibility index (Phi) is 3.67. The van der Waals surface area contributed by atoms with Gasteiger partial charge in [-0.15, -0.1) is 0 Å². The first-order chi connectivity index (χ1) is 10.1. The summed E-state index contributed by atoms with van der Waals surface area (Å²) in [4.78, 5) is 4.43. The lowest BCUT2D eigenvalue weighted by molar-refractivity contribution is 0.628. The van der Waals surface area contributed by atoms with E-state index < -0.39 is 0 Å². The zero-order valence-electron chi connectivity index (χ0n) is 10.9. The van der Waals surface area contributed by atoms with Gasteiger partial charge in [0.1, 0.15) is 11.6 Å². The first-order valence-corrected chi connectivity index (χ1v) is 6.70. The van der Waals surface area contributed by atoms with Crippen LogP contribution >= 0.6 is 11.6 Å². The molecule has 21 heavy (non-hydrogen) atoms. The minimum Gasteiger partial charge on any atom is -0.246 e. The van der Waals surface area contributed by atoms with Crippen LogP contribution in [0.5, 0.6) is 0 Å². The predicted molar refractivity (Wildman–Crippen MR) is 80.0 cm³/mol. The van der Waals surface area contributed by atoms with Crippen molar-refractivity contribution in [1.29, 1.82) is 0 Å². The van der Waals surface area contributed by atoms with Gasteiger partial charge in [0, 0.05) is 11.1 Å². The molecule has 2 aromatic carbocycles. The molecule has 0 fully saturated rings. The molecule has 4 heteroatoms. The topological polar surface area (TPSA) is 12.9 Å². The molecule has 1 nitrogen and oxygen atoms in total. The molecule has 0 amide bonds. The van der Waals surface area contributed by atoms with Crippen LogP contribution in [-0.2, 0) is 0 Å². The lowest BCUT2D eigenvalue weighted by Gasteiger charge is -2.07. The number of halogens is 3. The fourth-order valence-electron chi connectivity index (χ4n) is 2.09. The third-order valence-electron chi connectivity index (χ3n) is 3.06. The second-order valence-corrected chi connectivity index (χ2v) is 4.95. The van der Waals surface area contributed by atoms with Crippen molar-refractivity contribution in [1.82, 2.24) is 4.98 Å². The van der Waals surface area contributed by atoms with Gasteiger partial charge in [-0.05, 0) is 36.4 Å². The zero-order valence-corrected chi connectivity index (χ0v) is 11.6. The van der Waals surface area contributed by atoms with Crippen LogP contribution in [0, 0.1) is 11.6 Å². The summed E-state index contributed by atoms with van der Waals surface area (Å²) in [6, 6.07) is 15.6. The van der Waals surface area contributed by atoms with E-state index in [1.54, 1.807) is 36.4 Å². The van der Waals surface area contributed by atoms with Gasteiger partial charge < -0.3 is 0 Å². The van der Waals surface area contributed by atoms with E-state index >= 15 is 0 Å². The van der Waals surface area contributed by atoms with E-state index in [4.69, 9.17) is 11.6 Å². The highest BCUT2D eigenvalue weighted by Gasteiger charge is 2.09. The van der Waals surface area contributed by atoms with Gasteiger partial charge in [0.2, 0.25) is 0 Å². The molecule has 3 rings (SSSR count). The largest absolute Gasteiger partial charge is 0.246 e. The van der Waals surface area contributed by atoms with Crippen LogP contribution in [0.3, 0.4) is 0 Å². The summed E-state index contributed by atoms with van der Waals surface area (Å²) in [6.45, 7) is 0. The molecule has 0 aliphatic heterocycles. The smallest absolute Gasteiger partial charge is 0.123 e. The van der Waals surface area contributed by atoms with Crippen LogP contribution in [0.2, 0.25) is 5.02 Å². The van der Waals surface area contributed by atoms with E-state index in [0.29, 0.717) is 27.5 Å². The maximum absolute atomic E-state index is 13.3. The van der Waals surface area contributed by atoms with Gasteiger partial charge in [0.15, 0.2) is 0 Å². The van der Waals surface area contributed by atoms with Gasteiger partial charge in [-0.1, -0.05) is 35.9 Å². The Morgan fingerprint density at radius 3 is 2.05 bits per heavy atom. The third-order valence-corrected chi connectivity index (χ3v) is 3.37. The molecule has 0 aliphatic rings. The maximum Gasteiger partial charge on any atom is 0.123 e. The van der Waals surface area contributed by atoms with Crippen molar-refractivity contribution in [3.8, 4) is 22.5 Å². The summed E-state index contributed by atoms with van der Waals surface area (Å²) < 4.78 is 26.6. The van der Waals surface area contributed by atoms with E-state index in [0.717, 1.165) is 0 Å². The highest BCUT2D eigenvalue weighted by molar-refractivity contribution is 6.33. The molecule has 0 aliphatic carbocycles. The van der Waals surface area contributed by atoms with Gasteiger partial charge >= 0.3 is 0 Å². The van der Waals surface area contributed by atoms with Crippen molar-refractivity contribution in [3.63, 3.8) is 0 Å². The Bertz CT molecular complexity index is 802. The first kappa shape index (κ1) is 13.7. The van der Waals surface area contributed by atoms with E-state index in [1.165, 1.54) is 24.3 Å². The molecule has 3 aromatic rings. The molecule has 0 bridgehead atoms. The van der Waals surface area contributed by atoms with Gasteiger partial charge in [-0.3, -0.25) is 0 Å². The Balaban J connectivity index is 2.12. The average Bonchev–Trinajstić information content (AvgIpc) is 2.47. The fourth-order valence-corrected chi connectivity index (χ4v) is 2.30. The van der Waals surface area contributed by atoms with E-state index in [1.807, 2.05) is 0 Å². The van der Waals surface area contributed by atoms with Gasteiger partial charge in [0.05, 0.1) is 16.4 Å². The minimum absolute atomic E-state index is 0.337. The SMILES string of the molecule is Fc1cccc(-c2ccc(Cl)c(-c3cccc(F)c3)n2)c1. The zero-order chi connectivity index (χ0) is 14.8. The molecule has 1 heterocycles. The van der Waals surface area contributed by atoms with Crippen molar-refractivity contribution in [3.05, 3.63) is 77.3 Å². The lowest BCUT2D eigenvalue weighted by Crippen LogP contribution is -1.90. The third kappa shape index (κ3) is 2.93. The molecule has 0 unspecified atom stereocenters. The fraction of sp³-hybridized carbons (Fsp3) is 0. The van der Waals surface area contributed by atoms with Crippen LogP contribution in [0.25, 0.3) is 22.5 Å². The van der Waals surface area contributed by atoms with Gasteiger partial charge in [-0.2, -0.15) is 0 Å². The number of pyridine rings is 1. The summed E-state index contributed by atoms with van der Waals surface area (Å²) in [6.07, 6.45) is 0. The molecule has 0 saturated carbocycles. The van der Waals surface area contributed by atoms with Crippen LogP contribution < -0.4 is 0 Å². The highest BCUT2D eigenvalue weighted by Crippen LogP contribution is 2.29. The second-order valence-electron chi connectivity index (χ2n) is 4.55. The van der Waals surface area contributed by atoms with Gasteiger partial charge in [0.25, 0.3) is 0 Å². The summed E-state index contributed by atoms with van der Waals surface area (Å²) in [5, 5.41) is 0.417. The molecule has 0 atom stereocenters. The van der Waals surface area contributed by atoms with Crippen molar-refractivity contribution in [2.45, 2.75) is 0 Å². The monoisotopic (exact) mass is 301 g/mol. The molecule has 0 saturated heterocycles. The van der Waals surface area contributed by atoms with Crippen molar-refractivity contribution in [2.75, 3.05) is 0 Å². The van der Waals surface area contributed by atoms with Crippen molar-refractivity contribution >= 4 is 11.6 Å². The summed E-state index contributed by atoms with van der Waals surface area (Å²) in [5.41, 5.74) is 2.28. The number of hydrogen-bond donors (Lipinski definition) is 0. The average molecular weight is 302 g/mol. The molecular formula is C17H10ClF2N. The van der Waals surface area contributed by atoms with E-state index in [9.17, 15) is 8.78 Å². The number of hydrogen-bond acceptors (Lipinski definition) is 1. The number of rotatable bonds is 2. The summed E-state index contributed by atoms with van der Waals surface area (Å²) in [7, 11) is 0. The maximum atomic E-state index is 13.3. The Morgan fingerprint density at radius 2 is 1.38 bits per heavy atom. The summed E-state index contributed by atoms with van der Waals surface area (Å²) >= 11 is 6.14. The standard InChI is InChI=1S/C17H10ClF2N/c18-15-7-8-16(11-3-1-5-13(19)9-11)21-17(15)12-4-2-6-14(20)10-12/h1-10H. The molecule has 0 N–H and O–H groups in total. The second kappa shape index (κ2) is 5.62. The minimum atomic E-state index is -0.360. The first-order valence-electron chi connectivity index (χ1n) is 6.32. The number of benzene rings is 2. The summed E-state index contributed by atoms with van der Waals surface area (Å²) in [5.74, 6) is -0.696. The van der Waals surface area contributed by atoms with Crippen LogP contribution in [-0.4, -0.2) is 4.98 Å². The molecule has 104 valence electrons. The van der Waals surface area contributed by atoms with Crippen molar-refractivity contribution in [2.24, 2.45) is 0 Å². The normalized spacial score (nSPS) is 10.6. The van der Waals surface area contributed by atoms with Crippen LogP contribution in [0.1, 0.15) is 0 Å². The Morgan fingerprint density at radius 1 is 0.762 bits per heavy atom. The Labute approximate surface area is 125 Å². The number of aromatic nitrogens is 1. The van der Waals surface area contributed by atoms with E-state index in [-0.39, 0.29) is 11.6 Å². The number of nitrogens with zero attached hydrogens (tertiary/aromatic N) is 1. The highest BCUT2D eigenvalue weighted by atomic mass is 35.5. The molecule has 1 aromatic heterocycles. The molecular weight excluding hydrogens is 292 g/mol. The Hall–Kier alpha value is -2.26. The molecule has 0 radical (unpaired) electrons.